The van der Waals surface area contributed by atoms with Gasteiger partial charge in [0, 0.05) is 63.6 Å². The van der Waals surface area contributed by atoms with Crippen LogP contribution in [0.1, 0.15) is 12.8 Å². The quantitative estimate of drug-likeness (QED) is 0.346. The highest BCUT2D eigenvalue weighted by atomic mass is 33.1. The van der Waals surface area contributed by atoms with Crippen LogP contribution in [0.5, 0.6) is 0 Å². The molecule has 0 aliphatic carbocycles. The number of carbonyl (C=O) groups is 4. The summed E-state index contributed by atoms with van der Waals surface area (Å²) in [5, 5.41) is 18.7. The van der Waals surface area contributed by atoms with Crippen molar-refractivity contribution >= 4 is 45.3 Å². The van der Waals surface area contributed by atoms with Crippen LogP contribution >= 0.6 is 21.6 Å². The Morgan fingerprint density at radius 3 is 1.43 bits per heavy atom. The molecule has 2 fully saturated rings. The van der Waals surface area contributed by atoms with Crippen molar-refractivity contribution in [2.75, 3.05) is 64.9 Å². The third kappa shape index (κ3) is 7.03. The second-order valence-corrected chi connectivity index (χ2v) is 10.3. The van der Waals surface area contributed by atoms with E-state index < -0.39 is 24.0 Å². The molecule has 0 radical (unpaired) electrons. The maximum atomic E-state index is 12.4. The van der Waals surface area contributed by atoms with Crippen molar-refractivity contribution in [3.05, 3.63) is 0 Å². The van der Waals surface area contributed by atoms with Crippen LogP contribution in [0.3, 0.4) is 0 Å². The molecule has 2 aliphatic rings. The number of amides is 2. The number of hydrogen-bond donors (Lipinski definition) is 2. The number of carbonyl (C=O) groups excluding carboxylic acids is 2. The van der Waals surface area contributed by atoms with Crippen molar-refractivity contribution in [2.45, 2.75) is 24.9 Å². The second-order valence-electron chi connectivity index (χ2n) is 7.55. The molecule has 2 rings (SSSR count). The summed E-state index contributed by atoms with van der Waals surface area (Å²) in [7, 11) is 6.62. The van der Waals surface area contributed by atoms with Crippen LogP contribution in [0.25, 0.3) is 0 Å². The zero-order chi connectivity index (χ0) is 22.3. The Morgan fingerprint density at radius 1 is 0.733 bits per heavy atom. The molecular formula is C18H30N4O6S2. The van der Waals surface area contributed by atoms with Gasteiger partial charge in [0.25, 0.3) is 0 Å². The largest absolute Gasteiger partial charge is 0.480 e. The summed E-state index contributed by atoms with van der Waals surface area (Å²) in [4.78, 5) is 54.3. The topological polar surface area (TPSA) is 122 Å². The van der Waals surface area contributed by atoms with Gasteiger partial charge in [-0.05, 0) is 14.1 Å². The van der Waals surface area contributed by atoms with Crippen LogP contribution in [0, 0.1) is 0 Å². The van der Waals surface area contributed by atoms with E-state index in [-0.39, 0.29) is 24.7 Å². The third-order valence-electron chi connectivity index (χ3n) is 5.26. The SMILES string of the molecule is CN1CCN(C(=O)CCSSCCC(=O)N2CCN(C)CC2C(=O)O)C(C(=O)O)C1. The summed E-state index contributed by atoms with van der Waals surface area (Å²) in [5.41, 5.74) is 0. The molecule has 0 aromatic heterocycles. The second kappa shape index (κ2) is 11.8. The summed E-state index contributed by atoms with van der Waals surface area (Å²) in [6.45, 7) is 2.79. The summed E-state index contributed by atoms with van der Waals surface area (Å²) in [6.07, 6.45) is 0.497. The molecule has 10 nitrogen and oxygen atoms in total. The molecule has 0 aromatic carbocycles. The van der Waals surface area contributed by atoms with E-state index in [0.717, 1.165) is 0 Å². The van der Waals surface area contributed by atoms with E-state index in [1.807, 2.05) is 23.9 Å². The smallest absolute Gasteiger partial charge is 0.327 e. The monoisotopic (exact) mass is 462 g/mol. The normalized spacial score (nSPS) is 23.4. The fourth-order valence-electron chi connectivity index (χ4n) is 3.52. The predicted octanol–water partition coefficient (Wildman–Crippen LogP) is -0.398. The predicted molar refractivity (Wildman–Crippen MR) is 115 cm³/mol. The first-order valence-electron chi connectivity index (χ1n) is 9.86. The van der Waals surface area contributed by atoms with Crippen molar-refractivity contribution in [1.29, 1.82) is 0 Å². The number of nitrogens with zero attached hydrogens (tertiary/aromatic N) is 4. The first-order chi connectivity index (χ1) is 14.2. The van der Waals surface area contributed by atoms with Crippen molar-refractivity contribution in [3.63, 3.8) is 0 Å². The maximum Gasteiger partial charge on any atom is 0.327 e. The van der Waals surface area contributed by atoms with Gasteiger partial charge >= 0.3 is 11.9 Å². The Kier molecular flexibility index (Phi) is 9.72. The number of likely N-dealkylation sites (N-methyl/N-ethyl adjacent to an activating group) is 2. The van der Waals surface area contributed by atoms with Crippen LogP contribution in [0.4, 0.5) is 0 Å². The molecule has 170 valence electrons. The van der Waals surface area contributed by atoms with E-state index in [9.17, 15) is 29.4 Å². The van der Waals surface area contributed by atoms with E-state index in [1.54, 1.807) is 0 Å². The molecule has 2 aliphatic heterocycles. The molecular weight excluding hydrogens is 432 g/mol. The third-order valence-corrected chi connectivity index (χ3v) is 7.67. The van der Waals surface area contributed by atoms with E-state index in [1.165, 1.54) is 31.4 Å². The van der Waals surface area contributed by atoms with Crippen LogP contribution < -0.4 is 0 Å². The molecule has 0 bridgehead atoms. The van der Waals surface area contributed by atoms with E-state index in [0.29, 0.717) is 50.8 Å². The van der Waals surface area contributed by atoms with Crippen LogP contribution in [0.15, 0.2) is 0 Å². The van der Waals surface area contributed by atoms with E-state index in [2.05, 4.69) is 0 Å². The number of carboxylic acid groups (broad SMARTS) is 2. The Balaban J connectivity index is 1.66. The Labute approximate surface area is 184 Å². The molecule has 30 heavy (non-hydrogen) atoms. The van der Waals surface area contributed by atoms with Gasteiger partial charge in [0.1, 0.15) is 12.1 Å². The highest BCUT2D eigenvalue weighted by Crippen LogP contribution is 2.24. The minimum atomic E-state index is -0.987. The first-order valence-corrected chi connectivity index (χ1v) is 12.4. The highest BCUT2D eigenvalue weighted by Gasteiger charge is 2.34. The lowest BCUT2D eigenvalue weighted by molar-refractivity contribution is -0.153. The number of carboxylic acids is 2. The zero-order valence-electron chi connectivity index (χ0n) is 17.4. The van der Waals surface area contributed by atoms with Gasteiger partial charge in [-0.1, -0.05) is 21.6 Å². The molecule has 12 heteroatoms. The molecule has 0 saturated carbocycles. The Hall–Kier alpha value is -1.50. The van der Waals surface area contributed by atoms with E-state index >= 15 is 0 Å². The van der Waals surface area contributed by atoms with Crippen molar-refractivity contribution in [3.8, 4) is 0 Å². The molecule has 2 N–H and O–H groups in total. The number of rotatable bonds is 9. The Bertz CT molecular complexity index is 598. The lowest BCUT2D eigenvalue weighted by atomic mass is 10.1. The molecule has 0 spiro atoms. The average molecular weight is 463 g/mol. The van der Waals surface area contributed by atoms with Gasteiger partial charge in [-0.3, -0.25) is 9.59 Å². The standard InChI is InChI=1S/C18H30N4O6S2/c1-19-5-7-21(13(11-19)17(25)26)15(23)3-9-29-30-10-4-16(24)22-8-6-20(2)12-14(22)18(27)28/h13-14H,3-12H2,1-2H3,(H,25,26)(H,27,28). The summed E-state index contributed by atoms with van der Waals surface area (Å²) in [6, 6.07) is -1.62. The molecule has 2 unspecified atom stereocenters. The fourth-order valence-corrected chi connectivity index (χ4v) is 5.48. The van der Waals surface area contributed by atoms with Crippen LogP contribution in [-0.2, 0) is 19.2 Å². The van der Waals surface area contributed by atoms with Crippen molar-refractivity contribution in [1.82, 2.24) is 19.6 Å². The van der Waals surface area contributed by atoms with Gasteiger partial charge in [-0.2, -0.15) is 0 Å². The lowest BCUT2D eigenvalue weighted by Crippen LogP contribution is -2.57. The highest BCUT2D eigenvalue weighted by molar-refractivity contribution is 8.76. The minimum Gasteiger partial charge on any atom is -0.480 e. The van der Waals surface area contributed by atoms with Crippen LogP contribution in [-0.4, -0.2) is 131 Å². The average Bonchev–Trinajstić information content (AvgIpc) is 2.69. The summed E-state index contributed by atoms with van der Waals surface area (Å²) in [5.74, 6) is -1.24. The molecule has 2 saturated heterocycles. The number of piperazine rings is 2. The zero-order valence-corrected chi connectivity index (χ0v) is 19.0. The molecule has 2 atom stereocenters. The van der Waals surface area contributed by atoms with Gasteiger partial charge in [0.2, 0.25) is 11.8 Å². The van der Waals surface area contributed by atoms with Crippen molar-refractivity contribution in [2.24, 2.45) is 0 Å². The van der Waals surface area contributed by atoms with Gasteiger partial charge < -0.3 is 29.8 Å². The molecule has 2 amide bonds. The van der Waals surface area contributed by atoms with Gasteiger partial charge in [-0.25, -0.2) is 9.59 Å². The fraction of sp³-hybridized carbons (Fsp3) is 0.778. The lowest BCUT2D eigenvalue weighted by Gasteiger charge is -2.37. The minimum absolute atomic E-state index is 0.165. The van der Waals surface area contributed by atoms with Crippen LogP contribution in [0.2, 0.25) is 0 Å². The van der Waals surface area contributed by atoms with Gasteiger partial charge in [0.05, 0.1) is 0 Å². The number of hydrogen-bond acceptors (Lipinski definition) is 8. The number of aliphatic carboxylic acids is 2. The molecule has 2 heterocycles. The van der Waals surface area contributed by atoms with Gasteiger partial charge in [0.15, 0.2) is 0 Å². The van der Waals surface area contributed by atoms with E-state index in [4.69, 9.17) is 0 Å². The maximum absolute atomic E-state index is 12.4. The summed E-state index contributed by atoms with van der Waals surface area (Å²) < 4.78 is 0. The summed E-state index contributed by atoms with van der Waals surface area (Å²) >= 11 is 0. The first kappa shape index (κ1) is 24.8. The van der Waals surface area contributed by atoms with Gasteiger partial charge in [-0.15, -0.1) is 0 Å². The molecule has 0 aromatic rings. The van der Waals surface area contributed by atoms with Crippen molar-refractivity contribution < 1.29 is 29.4 Å². The Morgan fingerprint density at radius 2 is 1.10 bits per heavy atom.